The summed E-state index contributed by atoms with van der Waals surface area (Å²) in [5.41, 5.74) is 1.92. The van der Waals surface area contributed by atoms with Gasteiger partial charge >= 0.3 is 6.09 Å². The van der Waals surface area contributed by atoms with Crippen LogP contribution in [0.5, 0.6) is 0 Å². The standard InChI is InChI=1S/C23H34N8O3/c1-13(2)19-11-25-31-20(19)28-21(26-14-5-6-33-12-14)29-22(31)27-15-7-16-3-4-17(8-15)30(16)23(32)34-18-9-24-10-18/h11,13-18,24H,3-10,12H2,1-2H3,(H2,26,27,28,29). The monoisotopic (exact) mass is 470 g/mol. The van der Waals surface area contributed by atoms with Gasteiger partial charge in [-0.1, -0.05) is 13.8 Å². The number of aromatic nitrogens is 4. The number of carbonyl (C=O) groups excluding carboxylic acids is 1. The molecule has 184 valence electrons. The summed E-state index contributed by atoms with van der Waals surface area (Å²) in [7, 11) is 0. The molecule has 1 amide bonds. The third-order valence-electron chi connectivity index (χ3n) is 7.57. The minimum absolute atomic E-state index is 0.0169. The number of nitrogens with zero attached hydrogens (tertiary/aromatic N) is 5. The molecule has 0 aromatic carbocycles. The fraction of sp³-hybridized carbons (Fsp3) is 0.739. The van der Waals surface area contributed by atoms with Gasteiger partial charge in [-0.2, -0.15) is 19.6 Å². The van der Waals surface area contributed by atoms with Crippen molar-refractivity contribution >= 4 is 23.6 Å². The Morgan fingerprint density at radius 3 is 2.59 bits per heavy atom. The molecule has 0 spiro atoms. The third-order valence-corrected chi connectivity index (χ3v) is 7.57. The maximum absolute atomic E-state index is 12.8. The number of carbonyl (C=O) groups is 1. The van der Waals surface area contributed by atoms with Crippen molar-refractivity contribution in [1.82, 2.24) is 29.8 Å². The number of hydrogen-bond donors (Lipinski definition) is 3. The molecule has 11 nitrogen and oxygen atoms in total. The van der Waals surface area contributed by atoms with Crippen LogP contribution in [0.1, 0.15) is 57.4 Å². The summed E-state index contributed by atoms with van der Waals surface area (Å²) in [5, 5.41) is 14.9. The third kappa shape index (κ3) is 4.04. The lowest BCUT2D eigenvalue weighted by Crippen LogP contribution is -2.55. The summed E-state index contributed by atoms with van der Waals surface area (Å²) in [5.74, 6) is 1.60. The maximum Gasteiger partial charge on any atom is 0.410 e. The van der Waals surface area contributed by atoms with Gasteiger partial charge in [0.1, 0.15) is 6.10 Å². The number of piperidine rings is 1. The van der Waals surface area contributed by atoms with Crippen molar-refractivity contribution in [3.8, 4) is 0 Å². The van der Waals surface area contributed by atoms with Crippen molar-refractivity contribution in [2.75, 3.05) is 36.9 Å². The first-order valence-corrected chi connectivity index (χ1v) is 12.6. The van der Waals surface area contributed by atoms with E-state index in [2.05, 4.69) is 34.9 Å². The molecule has 0 saturated carbocycles. The van der Waals surface area contributed by atoms with Gasteiger partial charge in [-0.15, -0.1) is 0 Å². The fourth-order valence-electron chi connectivity index (χ4n) is 5.62. The largest absolute Gasteiger partial charge is 0.443 e. The highest BCUT2D eigenvalue weighted by Gasteiger charge is 2.45. The van der Waals surface area contributed by atoms with Gasteiger partial charge in [0.15, 0.2) is 5.65 Å². The van der Waals surface area contributed by atoms with Crippen LogP contribution in [0.15, 0.2) is 6.20 Å². The van der Waals surface area contributed by atoms with Crippen LogP contribution in [0.3, 0.4) is 0 Å². The van der Waals surface area contributed by atoms with Gasteiger partial charge in [-0.25, -0.2) is 4.79 Å². The van der Waals surface area contributed by atoms with Crippen LogP contribution in [0.25, 0.3) is 5.65 Å². The summed E-state index contributed by atoms with van der Waals surface area (Å²) in [6.07, 6.45) is 6.49. The first kappa shape index (κ1) is 21.8. The lowest BCUT2D eigenvalue weighted by Gasteiger charge is -2.40. The normalized spacial score (nSPS) is 29.0. The Kier molecular flexibility index (Phi) is 5.68. The summed E-state index contributed by atoms with van der Waals surface area (Å²) < 4.78 is 13.0. The van der Waals surface area contributed by atoms with E-state index in [4.69, 9.17) is 19.4 Å². The van der Waals surface area contributed by atoms with Gasteiger partial charge in [0.25, 0.3) is 0 Å². The molecule has 4 aliphatic heterocycles. The van der Waals surface area contributed by atoms with E-state index < -0.39 is 0 Å². The van der Waals surface area contributed by atoms with Gasteiger partial charge in [-0.3, -0.25) is 0 Å². The van der Waals surface area contributed by atoms with E-state index in [9.17, 15) is 4.79 Å². The molecule has 34 heavy (non-hydrogen) atoms. The molecular weight excluding hydrogens is 436 g/mol. The SMILES string of the molecule is CC(C)c1cnn2c(NC3CC4CCC(C3)N4C(=O)OC3CNC3)nc(NC3CCOC3)nc12. The van der Waals surface area contributed by atoms with Crippen LogP contribution in [0, 0.1) is 0 Å². The van der Waals surface area contributed by atoms with E-state index in [0.29, 0.717) is 24.4 Å². The number of anilines is 2. The second-order valence-corrected chi connectivity index (χ2v) is 10.3. The fourth-order valence-corrected chi connectivity index (χ4v) is 5.62. The molecule has 4 saturated heterocycles. The zero-order valence-corrected chi connectivity index (χ0v) is 19.9. The molecule has 4 aliphatic rings. The Bertz CT molecular complexity index is 1030. The number of hydrogen-bond acceptors (Lipinski definition) is 9. The average molecular weight is 471 g/mol. The van der Waals surface area contributed by atoms with Crippen LogP contribution in [-0.4, -0.2) is 87.1 Å². The molecular formula is C23H34N8O3. The van der Waals surface area contributed by atoms with Crippen molar-refractivity contribution in [1.29, 1.82) is 0 Å². The second kappa shape index (κ2) is 8.84. The summed E-state index contributed by atoms with van der Waals surface area (Å²) in [6.45, 7) is 7.24. The predicted molar refractivity (Wildman–Crippen MR) is 126 cm³/mol. The van der Waals surface area contributed by atoms with Crippen LogP contribution in [0.2, 0.25) is 0 Å². The average Bonchev–Trinajstić information content (AvgIpc) is 3.49. The van der Waals surface area contributed by atoms with E-state index in [1.165, 1.54) is 0 Å². The van der Waals surface area contributed by atoms with Crippen LogP contribution >= 0.6 is 0 Å². The highest BCUT2D eigenvalue weighted by atomic mass is 16.6. The molecule has 2 aromatic heterocycles. The Balaban J connectivity index is 1.21. The van der Waals surface area contributed by atoms with Gasteiger partial charge in [0.2, 0.25) is 11.9 Å². The second-order valence-electron chi connectivity index (χ2n) is 10.3. The van der Waals surface area contributed by atoms with Crippen molar-refractivity contribution in [3.63, 3.8) is 0 Å². The van der Waals surface area contributed by atoms with Crippen LogP contribution in [-0.2, 0) is 9.47 Å². The minimum Gasteiger partial charge on any atom is -0.443 e. The lowest BCUT2D eigenvalue weighted by atomic mass is 9.98. The molecule has 4 fully saturated rings. The van der Waals surface area contributed by atoms with Crippen molar-refractivity contribution in [2.45, 2.75) is 82.1 Å². The lowest BCUT2D eigenvalue weighted by molar-refractivity contribution is 0.0194. The Morgan fingerprint density at radius 1 is 1.15 bits per heavy atom. The quantitative estimate of drug-likeness (QED) is 0.582. The summed E-state index contributed by atoms with van der Waals surface area (Å²) in [6, 6.07) is 0.827. The highest BCUT2D eigenvalue weighted by molar-refractivity contribution is 5.69. The van der Waals surface area contributed by atoms with Crippen LogP contribution < -0.4 is 16.0 Å². The minimum atomic E-state index is -0.152. The maximum atomic E-state index is 12.8. The number of rotatable bonds is 6. The molecule has 2 bridgehead atoms. The number of amides is 1. The van der Waals surface area contributed by atoms with Gasteiger partial charge in [0.05, 0.1) is 18.8 Å². The van der Waals surface area contributed by atoms with Crippen molar-refractivity contribution in [2.24, 2.45) is 0 Å². The zero-order valence-electron chi connectivity index (χ0n) is 19.9. The summed E-state index contributed by atoms with van der Waals surface area (Å²) in [4.78, 5) is 24.4. The molecule has 6 heterocycles. The molecule has 0 radical (unpaired) electrons. The topological polar surface area (TPSA) is 118 Å². The van der Waals surface area contributed by atoms with Gasteiger partial charge in [-0.05, 0) is 38.0 Å². The summed E-state index contributed by atoms with van der Waals surface area (Å²) >= 11 is 0. The number of ether oxygens (including phenoxy) is 2. The highest BCUT2D eigenvalue weighted by Crippen LogP contribution is 2.37. The first-order chi connectivity index (χ1) is 16.5. The van der Waals surface area contributed by atoms with Gasteiger partial charge < -0.3 is 30.3 Å². The van der Waals surface area contributed by atoms with E-state index in [0.717, 1.165) is 63.0 Å². The van der Waals surface area contributed by atoms with E-state index >= 15 is 0 Å². The Morgan fingerprint density at radius 2 is 1.94 bits per heavy atom. The van der Waals surface area contributed by atoms with E-state index in [1.807, 2.05) is 15.6 Å². The number of fused-ring (bicyclic) bond motifs is 3. The molecule has 0 aliphatic carbocycles. The van der Waals surface area contributed by atoms with Crippen molar-refractivity contribution < 1.29 is 14.3 Å². The van der Waals surface area contributed by atoms with E-state index in [1.54, 1.807) is 0 Å². The first-order valence-electron chi connectivity index (χ1n) is 12.6. The predicted octanol–water partition coefficient (Wildman–Crippen LogP) is 1.96. The smallest absolute Gasteiger partial charge is 0.410 e. The molecule has 3 unspecified atom stereocenters. The zero-order chi connectivity index (χ0) is 23.2. The van der Waals surface area contributed by atoms with E-state index in [-0.39, 0.29) is 36.4 Å². The van der Waals surface area contributed by atoms with Crippen molar-refractivity contribution in [3.05, 3.63) is 11.8 Å². The Labute approximate surface area is 199 Å². The molecule has 3 N–H and O–H groups in total. The van der Waals surface area contributed by atoms with Crippen LogP contribution in [0.4, 0.5) is 16.7 Å². The molecule has 2 aromatic rings. The molecule has 6 rings (SSSR count). The van der Waals surface area contributed by atoms with Gasteiger partial charge in [0, 0.05) is 43.4 Å². The number of nitrogens with one attached hydrogen (secondary N) is 3. The molecule has 11 heteroatoms. The Hall–Kier alpha value is -2.66. The molecule has 3 atom stereocenters.